The van der Waals surface area contributed by atoms with Crippen LogP contribution in [0.3, 0.4) is 0 Å². The van der Waals surface area contributed by atoms with Crippen LogP contribution in [0.2, 0.25) is 0 Å². The van der Waals surface area contributed by atoms with Crippen LogP contribution in [0.25, 0.3) is 0 Å². The molecule has 0 rings (SSSR count). The molecule has 0 aliphatic rings. The number of carbonyl (C=O) groups excluding carboxylic acids is 2. The van der Waals surface area contributed by atoms with Gasteiger partial charge in [-0.2, -0.15) is 0 Å². The van der Waals surface area contributed by atoms with Gasteiger partial charge in [-0.05, 0) is 116 Å². The molecule has 0 aromatic heterocycles. The predicted octanol–water partition coefficient (Wildman–Crippen LogP) is 18.8. The molecule has 2 atom stereocenters. The van der Waals surface area contributed by atoms with Crippen LogP contribution in [0.15, 0.2) is 182 Å². The summed E-state index contributed by atoms with van der Waals surface area (Å²) in [6, 6.07) is 0. The SMILES string of the molecule is CC/C=C\C/C=C\C/C=C\C/C=C\C/C=C\C/C=C\C/C=C\C/C=C\C/C=C\C/C=C\CCCCCCCCCCC(=O)OC(COC(=O)C/C=C\C/C=C\C/C=C\C/C=C\C/C=C\CC)COP(=O)(O)OCC[N+](C)(C)C. The first kappa shape index (κ1) is 73.1. The maximum atomic E-state index is 12.8. The van der Waals surface area contributed by atoms with E-state index in [1.165, 1.54) is 25.7 Å². The number of quaternary nitrogens is 1. The molecular formula is C68H107NO8P+. The lowest BCUT2D eigenvalue weighted by Gasteiger charge is -2.24. The van der Waals surface area contributed by atoms with Crippen molar-refractivity contribution in [1.29, 1.82) is 0 Å². The van der Waals surface area contributed by atoms with E-state index in [4.69, 9.17) is 18.5 Å². The molecule has 2 unspecified atom stereocenters. The Bertz CT molecular complexity index is 1970. The molecule has 0 amide bonds. The van der Waals surface area contributed by atoms with Gasteiger partial charge >= 0.3 is 19.8 Å². The largest absolute Gasteiger partial charge is 0.472 e. The van der Waals surface area contributed by atoms with Gasteiger partial charge in [-0.15, -0.1) is 0 Å². The Labute approximate surface area is 476 Å². The van der Waals surface area contributed by atoms with Crippen LogP contribution in [0.4, 0.5) is 0 Å². The number of unbranched alkanes of at least 4 members (excludes halogenated alkanes) is 8. The number of ether oxygens (including phenoxy) is 2. The molecule has 0 aromatic rings. The number of allylic oxidation sites excluding steroid dienone is 29. The first-order valence-corrected chi connectivity index (χ1v) is 31.0. The molecule has 0 aliphatic carbocycles. The fraction of sp³-hybridized carbons (Fsp3) is 0.529. The van der Waals surface area contributed by atoms with E-state index in [2.05, 4.69) is 178 Å². The summed E-state index contributed by atoms with van der Waals surface area (Å²) < 4.78 is 34.3. The van der Waals surface area contributed by atoms with E-state index in [0.29, 0.717) is 23.9 Å². The van der Waals surface area contributed by atoms with Crippen molar-refractivity contribution >= 4 is 19.8 Å². The molecule has 436 valence electrons. The highest BCUT2D eigenvalue weighted by molar-refractivity contribution is 7.47. The lowest BCUT2D eigenvalue weighted by molar-refractivity contribution is -0.870. The van der Waals surface area contributed by atoms with E-state index < -0.39 is 32.5 Å². The molecule has 0 fully saturated rings. The highest BCUT2D eigenvalue weighted by Crippen LogP contribution is 2.43. The molecule has 1 N–H and O–H groups in total. The topological polar surface area (TPSA) is 108 Å². The number of rotatable bonds is 51. The zero-order valence-corrected chi connectivity index (χ0v) is 50.2. The van der Waals surface area contributed by atoms with Gasteiger partial charge in [-0.1, -0.05) is 235 Å². The van der Waals surface area contributed by atoms with E-state index >= 15 is 0 Å². The maximum Gasteiger partial charge on any atom is 0.472 e. The first-order chi connectivity index (χ1) is 38.0. The normalized spacial score (nSPS) is 14.6. The van der Waals surface area contributed by atoms with Crippen LogP contribution < -0.4 is 0 Å². The van der Waals surface area contributed by atoms with Crippen molar-refractivity contribution in [3.05, 3.63) is 182 Å². The molecule has 0 bridgehead atoms. The third-order valence-electron chi connectivity index (χ3n) is 11.5. The van der Waals surface area contributed by atoms with Crippen molar-refractivity contribution < 1.29 is 42.1 Å². The summed E-state index contributed by atoms with van der Waals surface area (Å²) in [5.41, 5.74) is 0. The Morgan fingerprint density at radius 2 is 0.731 bits per heavy atom. The van der Waals surface area contributed by atoms with Crippen molar-refractivity contribution in [2.75, 3.05) is 47.5 Å². The first-order valence-electron chi connectivity index (χ1n) is 29.5. The van der Waals surface area contributed by atoms with Crippen molar-refractivity contribution in [3.63, 3.8) is 0 Å². The van der Waals surface area contributed by atoms with E-state index in [0.717, 1.165) is 116 Å². The third-order valence-corrected chi connectivity index (χ3v) is 12.4. The van der Waals surface area contributed by atoms with Gasteiger partial charge < -0.3 is 18.9 Å². The van der Waals surface area contributed by atoms with E-state index in [1.54, 1.807) is 6.08 Å². The van der Waals surface area contributed by atoms with Gasteiger partial charge in [0.25, 0.3) is 0 Å². The van der Waals surface area contributed by atoms with Gasteiger partial charge in [0.15, 0.2) is 6.10 Å². The van der Waals surface area contributed by atoms with Gasteiger partial charge in [0.1, 0.15) is 19.8 Å². The highest BCUT2D eigenvalue weighted by Gasteiger charge is 2.27. The van der Waals surface area contributed by atoms with Gasteiger partial charge in [-0.25, -0.2) is 4.57 Å². The number of hydrogen-bond donors (Lipinski definition) is 1. The van der Waals surface area contributed by atoms with Gasteiger partial charge in [0, 0.05) is 6.42 Å². The Balaban J connectivity index is 4.21. The minimum absolute atomic E-state index is 0.00607. The Morgan fingerprint density at radius 3 is 1.09 bits per heavy atom. The van der Waals surface area contributed by atoms with E-state index in [-0.39, 0.29) is 26.1 Å². The molecule has 0 saturated heterocycles. The van der Waals surface area contributed by atoms with Gasteiger partial charge in [0.2, 0.25) is 0 Å². The molecule has 0 radical (unpaired) electrons. The molecule has 0 heterocycles. The van der Waals surface area contributed by atoms with Crippen molar-refractivity contribution in [3.8, 4) is 0 Å². The van der Waals surface area contributed by atoms with Crippen LogP contribution in [0.1, 0.15) is 181 Å². The van der Waals surface area contributed by atoms with Crippen molar-refractivity contribution in [1.82, 2.24) is 0 Å². The molecule has 0 saturated carbocycles. The highest BCUT2D eigenvalue weighted by atomic mass is 31.2. The third kappa shape index (κ3) is 60.3. The smallest absolute Gasteiger partial charge is 0.461 e. The average Bonchev–Trinajstić information content (AvgIpc) is 3.41. The number of likely N-dealkylation sites (N-methyl/N-ethyl adjacent to an activating group) is 1. The summed E-state index contributed by atoms with van der Waals surface area (Å²) >= 11 is 0. The minimum atomic E-state index is -4.42. The second kappa shape index (κ2) is 56.8. The number of esters is 2. The van der Waals surface area contributed by atoms with Crippen LogP contribution in [-0.4, -0.2) is 74.9 Å². The lowest BCUT2D eigenvalue weighted by atomic mass is 10.1. The van der Waals surface area contributed by atoms with Crippen LogP contribution in [-0.2, 0) is 32.7 Å². The number of phosphoric acid groups is 1. The summed E-state index contributed by atoms with van der Waals surface area (Å²) in [4.78, 5) is 35.5. The lowest BCUT2D eigenvalue weighted by Crippen LogP contribution is -2.37. The predicted molar refractivity (Wildman–Crippen MR) is 334 cm³/mol. The van der Waals surface area contributed by atoms with Gasteiger partial charge in [-0.3, -0.25) is 18.6 Å². The minimum Gasteiger partial charge on any atom is -0.461 e. The number of nitrogens with zero attached hydrogens (tertiary/aromatic N) is 1. The molecule has 0 aromatic carbocycles. The van der Waals surface area contributed by atoms with Crippen molar-refractivity contribution in [2.24, 2.45) is 0 Å². The zero-order valence-electron chi connectivity index (χ0n) is 49.3. The molecule has 10 heteroatoms. The average molecular weight is 1100 g/mol. The van der Waals surface area contributed by atoms with Crippen LogP contribution >= 0.6 is 7.82 Å². The van der Waals surface area contributed by atoms with E-state index in [9.17, 15) is 19.0 Å². The molecule has 0 spiro atoms. The quantitative estimate of drug-likeness (QED) is 0.0211. The Kier molecular flexibility index (Phi) is 53.3. The van der Waals surface area contributed by atoms with Gasteiger partial charge in [0.05, 0.1) is 34.2 Å². The monoisotopic (exact) mass is 1100 g/mol. The maximum absolute atomic E-state index is 12.8. The summed E-state index contributed by atoms with van der Waals surface area (Å²) in [6.45, 7) is 4.04. The summed E-state index contributed by atoms with van der Waals surface area (Å²) in [7, 11) is 1.40. The number of hydrogen-bond acceptors (Lipinski definition) is 7. The standard InChI is InChI=1S/C68H106NO8P/c1-6-8-10-12-14-16-18-20-22-23-24-25-26-27-28-29-30-31-32-33-34-35-36-37-38-39-40-41-42-43-44-45-47-49-51-53-55-57-59-61-68(71)77-66(65-76-78(72,73)75-63-62-69(3,4)5)64-74-67(70)60-58-56-54-52-50-48-46-21-19-17-15-13-11-9-7-2/h8-11,14-17,20-22,24-25,27-28,30-31,33-34,36-37,39-40,42-43,46,50,52,56,58,66H,6-7,12-13,18-19,23,26,29,32,35,38,41,44-45,47-49,51,53-55,57,59-65H2,1-5H3/p+1/b10-8-,11-9-,16-14-,17-15-,22-20-,25-24-,28-27-,31-30-,34-33-,37-36-,40-39-,43-42-,46-21-,52-50-,58-56-. The number of carbonyl (C=O) groups is 2. The summed E-state index contributed by atoms with van der Waals surface area (Å²) in [5.74, 6) is -0.972. The molecular weight excluding hydrogens is 990 g/mol. The summed E-state index contributed by atoms with van der Waals surface area (Å²) in [6.07, 6.45) is 88.6. The Morgan fingerprint density at radius 1 is 0.410 bits per heavy atom. The zero-order chi connectivity index (χ0) is 57.0. The molecule has 78 heavy (non-hydrogen) atoms. The van der Waals surface area contributed by atoms with Crippen LogP contribution in [0, 0.1) is 0 Å². The van der Waals surface area contributed by atoms with Crippen LogP contribution in [0.5, 0.6) is 0 Å². The van der Waals surface area contributed by atoms with E-state index in [1.807, 2.05) is 33.3 Å². The molecule has 9 nitrogen and oxygen atoms in total. The fourth-order valence-electron chi connectivity index (χ4n) is 7.00. The van der Waals surface area contributed by atoms with Crippen molar-refractivity contribution in [2.45, 2.75) is 187 Å². The number of phosphoric ester groups is 1. The fourth-order valence-corrected chi connectivity index (χ4v) is 7.74. The second-order valence-corrected chi connectivity index (χ2v) is 21.4. The summed E-state index contributed by atoms with van der Waals surface area (Å²) in [5, 5.41) is 0. The second-order valence-electron chi connectivity index (χ2n) is 19.9. The molecule has 0 aliphatic heterocycles. The Hall–Kier alpha value is -4.89.